The zero-order valence-electron chi connectivity index (χ0n) is 13.8. The zero-order chi connectivity index (χ0) is 17.4. The predicted octanol–water partition coefficient (Wildman–Crippen LogP) is 2.09. The van der Waals surface area contributed by atoms with Crippen LogP contribution in [0.1, 0.15) is 22.3 Å². The average Bonchev–Trinajstić information content (AvgIpc) is 2.57. The molecule has 0 fully saturated rings. The van der Waals surface area contributed by atoms with E-state index in [1.54, 1.807) is 12.1 Å². The van der Waals surface area contributed by atoms with E-state index >= 15 is 0 Å². The second-order valence-corrected chi connectivity index (χ2v) is 7.19. The van der Waals surface area contributed by atoms with E-state index in [1.807, 2.05) is 37.3 Å². The van der Waals surface area contributed by atoms with E-state index in [1.165, 1.54) is 11.1 Å². The molecule has 2 rings (SSSR count). The van der Waals surface area contributed by atoms with Crippen LogP contribution in [-0.2, 0) is 34.4 Å². The summed E-state index contributed by atoms with van der Waals surface area (Å²) in [6.45, 7) is 2.59. The van der Waals surface area contributed by atoms with Crippen LogP contribution in [0, 0.1) is 6.92 Å². The molecule has 1 unspecified atom stereocenters. The molecule has 2 aromatic rings. The average molecular weight is 345 g/mol. The predicted molar refractivity (Wildman–Crippen MR) is 97.0 cm³/mol. The number of nitrogens with one attached hydrogen (secondary N) is 1. The first-order chi connectivity index (χ1) is 11.6. The van der Waals surface area contributed by atoms with Crippen LogP contribution in [0.15, 0.2) is 48.5 Å². The Labute approximate surface area is 145 Å². The molecule has 0 aliphatic heterocycles. The Morgan fingerprint density at radius 1 is 1.08 bits per heavy atom. The molecule has 0 heterocycles. The second kappa shape index (κ2) is 9.35. The van der Waals surface area contributed by atoms with Gasteiger partial charge >= 0.3 is 0 Å². The van der Waals surface area contributed by atoms with Crippen LogP contribution in [0.3, 0.4) is 0 Å². The van der Waals surface area contributed by atoms with Gasteiger partial charge in [0.15, 0.2) is 0 Å². The number of carbonyl (C=O) groups is 1. The molecule has 0 radical (unpaired) electrons. The summed E-state index contributed by atoms with van der Waals surface area (Å²) >= 11 is 0. The molecule has 1 atom stereocenters. The summed E-state index contributed by atoms with van der Waals surface area (Å²) in [7, 11) is -1.24. The summed E-state index contributed by atoms with van der Waals surface area (Å²) < 4.78 is 12.1. The first-order valence-electron chi connectivity index (χ1n) is 7.93. The summed E-state index contributed by atoms with van der Waals surface area (Å²) in [4.78, 5) is 11.9. The van der Waals surface area contributed by atoms with Gasteiger partial charge in [-0.1, -0.05) is 48.5 Å². The summed E-state index contributed by atoms with van der Waals surface area (Å²) in [6, 6.07) is 15.3. The van der Waals surface area contributed by atoms with Gasteiger partial charge in [-0.3, -0.25) is 9.00 Å². The van der Waals surface area contributed by atoms with Gasteiger partial charge in [0.25, 0.3) is 0 Å². The fraction of sp³-hybridized carbons (Fsp3) is 0.316. The van der Waals surface area contributed by atoms with E-state index in [4.69, 9.17) is 5.11 Å². The van der Waals surface area contributed by atoms with E-state index < -0.39 is 10.8 Å². The van der Waals surface area contributed by atoms with Crippen molar-refractivity contribution >= 4 is 16.7 Å². The van der Waals surface area contributed by atoms with Gasteiger partial charge < -0.3 is 10.4 Å². The monoisotopic (exact) mass is 345 g/mol. The Kier molecular flexibility index (Phi) is 7.15. The van der Waals surface area contributed by atoms with Crippen molar-refractivity contribution in [3.05, 3.63) is 70.8 Å². The molecule has 0 aliphatic rings. The number of hydrogen-bond acceptors (Lipinski definition) is 3. The van der Waals surface area contributed by atoms with Crippen LogP contribution in [0.2, 0.25) is 0 Å². The third-order valence-electron chi connectivity index (χ3n) is 3.80. The van der Waals surface area contributed by atoms with Crippen LogP contribution < -0.4 is 5.32 Å². The Morgan fingerprint density at radius 3 is 2.42 bits per heavy atom. The largest absolute Gasteiger partial charge is 0.392 e. The summed E-state index contributed by atoms with van der Waals surface area (Å²) in [6.07, 6.45) is 0.771. The molecular weight excluding hydrogens is 322 g/mol. The van der Waals surface area contributed by atoms with Gasteiger partial charge in [-0.25, -0.2) is 0 Å². The number of aliphatic hydroxyl groups is 1. The van der Waals surface area contributed by atoms with Gasteiger partial charge in [-0.2, -0.15) is 0 Å². The van der Waals surface area contributed by atoms with Crippen molar-refractivity contribution in [2.75, 3.05) is 12.3 Å². The van der Waals surface area contributed by atoms with Gasteiger partial charge in [-0.05, 0) is 35.6 Å². The highest BCUT2D eigenvalue weighted by Crippen LogP contribution is 2.08. The van der Waals surface area contributed by atoms with Gasteiger partial charge in [0.1, 0.15) is 5.75 Å². The lowest BCUT2D eigenvalue weighted by atomic mass is 10.1. The van der Waals surface area contributed by atoms with Gasteiger partial charge in [0.05, 0.1) is 6.61 Å². The summed E-state index contributed by atoms with van der Waals surface area (Å²) in [5, 5.41) is 11.8. The Bertz CT molecular complexity index is 698. The molecule has 0 saturated heterocycles. The molecule has 128 valence electrons. The highest BCUT2D eigenvalue weighted by atomic mass is 32.2. The Hall–Kier alpha value is -1.98. The van der Waals surface area contributed by atoms with Crippen molar-refractivity contribution in [3.63, 3.8) is 0 Å². The topological polar surface area (TPSA) is 66.4 Å². The Balaban J connectivity index is 1.73. The van der Waals surface area contributed by atoms with Crippen LogP contribution in [0.25, 0.3) is 0 Å². The van der Waals surface area contributed by atoms with Crippen molar-refractivity contribution in [1.29, 1.82) is 0 Å². The van der Waals surface area contributed by atoms with Crippen molar-refractivity contribution < 1.29 is 14.1 Å². The lowest BCUT2D eigenvalue weighted by molar-refractivity contribution is -0.118. The number of benzene rings is 2. The van der Waals surface area contributed by atoms with Crippen LogP contribution in [-0.4, -0.2) is 27.5 Å². The molecule has 0 saturated carbocycles. The molecule has 0 aliphatic carbocycles. The molecule has 0 aromatic heterocycles. The highest BCUT2D eigenvalue weighted by molar-refractivity contribution is 7.84. The van der Waals surface area contributed by atoms with E-state index in [0.29, 0.717) is 12.3 Å². The normalized spacial score (nSPS) is 11.9. The van der Waals surface area contributed by atoms with E-state index in [2.05, 4.69) is 11.4 Å². The van der Waals surface area contributed by atoms with E-state index in [0.717, 1.165) is 17.5 Å². The van der Waals surface area contributed by atoms with E-state index in [-0.39, 0.29) is 18.3 Å². The number of hydrogen-bond donors (Lipinski definition) is 2. The first-order valence-corrected chi connectivity index (χ1v) is 9.42. The third-order valence-corrected chi connectivity index (χ3v) is 5.04. The van der Waals surface area contributed by atoms with Gasteiger partial charge in [0, 0.05) is 23.1 Å². The van der Waals surface area contributed by atoms with E-state index in [9.17, 15) is 9.00 Å². The molecule has 24 heavy (non-hydrogen) atoms. The maximum Gasteiger partial charge on any atom is 0.232 e. The molecule has 0 bridgehead atoms. The van der Waals surface area contributed by atoms with Crippen molar-refractivity contribution in [3.8, 4) is 0 Å². The van der Waals surface area contributed by atoms with Crippen molar-refractivity contribution in [2.45, 2.75) is 25.7 Å². The SMILES string of the molecule is Cc1ccccc1CCNC(=O)CS(=O)Cc1ccc(CO)cc1. The Morgan fingerprint density at radius 2 is 1.75 bits per heavy atom. The number of aliphatic hydroxyl groups excluding tert-OH is 1. The number of amides is 1. The molecule has 5 heteroatoms. The van der Waals surface area contributed by atoms with Crippen LogP contribution >= 0.6 is 0 Å². The molecule has 4 nitrogen and oxygen atoms in total. The quantitative estimate of drug-likeness (QED) is 0.770. The first kappa shape index (κ1) is 18.4. The smallest absolute Gasteiger partial charge is 0.232 e. The molecule has 1 amide bonds. The highest BCUT2D eigenvalue weighted by Gasteiger charge is 2.09. The number of rotatable bonds is 8. The lowest BCUT2D eigenvalue weighted by Gasteiger charge is -2.08. The summed E-state index contributed by atoms with van der Waals surface area (Å²) in [5.74, 6) is 0.167. The third kappa shape index (κ3) is 5.91. The standard InChI is InChI=1S/C19H23NO3S/c1-15-4-2-3-5-18(15)10-11-20-19(22)14-24(23)13-17-8-6-16(12-21)7-9-17/h2-9,21H,10-14H2,1H3,(H,20,22). The van der Waals surface area contributed by atoms with Crippen LogP contribution in [0.5, 0.6) is 0 Å². The molecular formula is C19H23NO3S. The van der Waals surface area contributed by atoms with Crippen molar-refractivity contribution in [2.24, 2.45) is 0 Å². The fourth-order valence-electron chi connectivity index (χ4n) is 2.40. The van der Waals surface area contributed by atoms with Crippen LogP contribution in [0.4, 0.5) is 0 Å². The minimum atomic E-state index is -1.24. The molecule has 2 N–H and O–H groups in total. The minimum Gasteiger partial charge on any atom is -0.392 e. The number of aryl methyl sites for hydroxylation is 1. The maximum atomic E-state index is 12.1. The minimum absolute atomic E-state index is 0.00728. The number of carbonyl (C=O) groups excluding carboxylic acids is 1. The zero-order valence-corrected chi connectivity index (χ0v) is 14.6. The van der Waals surface area contributed by atoms with Gasteiger partial charge in [0.2, 0.25) is 5.91 Å². The lowest BCUT2D eigenvalue weighted by Crippen LogP contribution is -2.30. The molecule has 2 aromatic carbocycles. The van der Waals surface area contributed by atoms with Crippen molar-refractivity contribution in [1.82, 2.24) is 5.32 Å². The summed E-state index contributed by atoms with van der Waals surface area (Å²) in [5.41, 5.74) is 4.14. The maximum absolute atomic E-state index is 12.1. The molecule has 0 spiro atoms. The second-order valence-electron chi connectivity index (χ2n) is 5.73. The fourth-order valence-corrected chi connectivity index (χ4v) is 3.46. The van der Waals surface area contributed by atoms with Gasteiger partial charge in [-0.15, -0.1) is 0 Å².